The third-order valence-electron chi connectivity index (χ3n) is 5.91. The van der Waals surface area contributed by atoms with Crippen LogP contribution in [-0.4, -0.2) is 49.1 Å². The van der Waals surface area contributed by atoms with Crippen molar-refractivity contribution in [1.29, 1.82) is 0 Å². The third kappa shape index (κ3) is 6.60. The van der Waals surface area contributed by atoms with E-state index in [0.29, 0.717) is 11.8 Å². The molecule has 3 rings (SSSR count). The number of anilines is 1. The number of benzene rings is 2. The maximum Gasteiger partial charge on any atom is 0.339 e. The maximum absolute atomic E-state index is 13.3. The number of hydrogen-bond acceptors (Lipinski definition) is 7. The minimum atomic E-state index is -1.12. The molecule has 1 fully saturated rings. The number of nitrogens with zero attached hydrogens (tertiary/aromatic N) is 1. The second-order valence-corrected chi connectivity index (χ2v) is 8.80. The van der Waals surface area contributed by atoms with Gasteiger partial charge in [0.1, 0.15) is 23.6 Å². The van der Waals surface area contributed by atoms with Crippen molar-refractivity contribution in [3.8, 4) is 5.75 Å². The van der Waals surface area contributed by atoms with Crippen molar-refractivity contribution in [2.24, 2.45) is 0 Å². The second kappa shape index (κ2) is 12.4. The predicted molar refractivity (Wildman–Crippen MR) is 133 cm³/mol. The normalized spacial score (nSPS) is 15.4. The minimum Gasteiger partial charge on any atom is -0.493 e. The molecule has 8 heteroatoms. The molecule has 2 unspecified atom stereocenters. The number of aromatic carboxylic acids is 1. The highest BCUT2D eigenvalue weighted by molar-refractivity contribution is 5.91. The van der Waals surface area contributed by atoms with Crippen molar-refractivity contribution in [3.05, 3.63) is 59.2 Å². The standard InChI is InChI=1S/C27H34N2O6/c1-4-34-24-16-19(12-13-21(24)26(31)32)22(17-30)28-25(27(33)35-18(2)3)20-10-6-7-11-23(20)29-14-8-5-9-15-29/h6-7,10-13,16-18,22,25,28H,4-5,8-9,14-15H2,1-3H3,(H,31,32). The lowest BCUT2D eigenvalue weighted by molar-refractivity contribution is -0.150. The summed E-state index contributed by atoms with van der Waals surface area (Å²) in [6.07, 6.45) is 3.71. The summed E-state index contributed by atoms with van der Waals surface area (Å²) < 4.78 is 11.1. The van der Waals surface area contributed by atoms with Crippen LogP contribution in [0.1, 0.15) is 73.6 Å². The third-order valence-corrected chi connectivity index (χ3v) is 5.91. The van der Waals surface area contributed by atoms with Gasteiger partial charge in [-0.2, -0.15) is 0 Å². The first kappa shape index (κ1) is 26.2. The quantitative estimate of drug-likeness (QED) is 0.361. The Morgan fingerprint density at radius 2 is 1.83 bits per heavy atom. The zero-order valence-electron chi connectivity index (χ0n) is 20.5. The van der Waals surface area contributed by atoms with Gasteiger partial charge in [0, 0.05) is 24.3 Å². The molecule has 2 N–H and O–H groups in total. The lowest BCUT2D eigenvalue weighted by Gasteiger charge is -2.33. The number of ether oxygens (including phenoxy) is 2. The molecule has 2 atom stereocenters. The van der Waals surface area contributed by atoms with Crippen molar-refractivity contribution in [2.75, 3.05) is 24.6 Å². The van der Waals surface area contributed by atoms with Crippen molar-refractivity contribution < 1.29 is 29.0 Å². The van der Waals surface area contributed by atoms with E-state index in [1.807, 2.05) is 24.3 Å². The van der Waals surface area contributed by atoms with Crippen LogP contribution < -0.4 is 15.0 Å². The molecule has 0 amide bonds. The average Bonchev–Trinajstić information content (AvgIpc) is 2.85. The molecule has 0 bridgehead atoms. The predicted octanol–water partition coefficient (Wildman–Crippen LogP) is 4.30. The average molecular weight is 483 g/mol. The van der Waals surface area contributed by atoms with Gasteiger partial charge in [-0.15, -0.1) is 0 Å². The van der Waals surface area contributed by atoms with Crippen LogP contribution in [0.25, 0.3) is 0 Å². The zero-order valence-corrected chi connectivity index (χ0v) is 20.5. The molecule has 1 aliphatic rings. The molecule has 0 saturated carbocycles. The van der Waals surface area contributed by atoms with E-state index in [1.165, 1.54) is 18.6 Å². The van der Waals surface area contributed by atoms with Crippen LogP contribution in [-0.2, 0) is 14.3 Å². The van der Waals surface area contributed by atoms with Crippen molar-refractivity contribution in [2.45, 2.75) is 58.2 Å². The van der Waals surface area contributed by atoms with Crippen LogP contribution >= 0.6 is 0 Å². The molecule has 0 radical (unpaired) electrons. The van der Waals surface area contributed by atoms with Gasteiger partial charge in [-0.05, 0) is 63.8 Å². The summed E-state index contributed by atoms with van der Waals surface area (Å²) in [5, 5.41) is 12.6. The Hall–Kier alpha value is -3.39. The van der Waals surface area contributed by atoms with Crippen LogP contribution in [0, 0.1) is 0 Å². The fourth-order valence-corrected chi connectivity index (χ4v) is 4.32. The molecule has 0 aliphatic carbocycles. The van der Waals surface area contributed by atoms with E-state index in [0.717, 1.165) is 37.2 Å². The van der Waals surface area contributed by atoms with Gasteiger partial charge in [-0.1, -0.05) is 24.3 Å². The fraction of sp³-hybridized carbons (Fsp3) is 0.444. The second-order valence-electron chi connectivity index (χ2n) is 8.80. The molecule has 1 saturated heterocycles. The van der Waals surface area contributed by atoms with Crippen molar-refractivity contribution >= 4 is 23.9 Å². The van der Waals surface area contributed by atoms with Gasteiger partial charge in [0.15, 0.2) is 0 Å². The number of para-hydroxylation sites is 1. The summed E-state index contributed by atoms with van der Waals surface area (Å²) in [6, 6.07) is 10.4. The van der Waals surface area contributed by atoms with Gasteiger partial charge in [0.25, 0.3) is 0 Å². The van der Waals surface area contributed by atoms with Gasteiger partial charge in [0.05, 0.1) is 18.8 Å². The number of carboxylic acid groups (broad SMARTS) is 1. The first-order valence-electron chi connectivity index (χ1n) is 12.1. The SMILES string of the molecule is CCOc1cc(C(C=O)NC(C(=O)OC(C)C)c2ccccc2N2CCCCC2)ccc1C(=O)O. The number of carbonyl (C=O) groups excluding carboxylic acids is 2. The molecule has 188 valence electrons. The highest BCUT2D eigenvalue weighted by Crippen LogP contribution is 2.32. The number of piperidine rings is 1. The van der Waals surface area contributed by atoms with Gasteiger partial charge in [0.2, 0.25) is 0 Å². The number of aldehydes is 1. The van der Waals surface area contributed by atoms with Crippen molar-refractivity contribution in [1.82, 2.24) is 5.32 Å². The minimum absolute atomic E-state index is 0.00598. The molecule has 1 heterocycles. The number of hydrogen-bond donors (Lipinski definition) is 2. The monoisotopic (exact) mass is 482 g/mol. The Labute approximate surface area is 206 Å². The number of carbonyl (C=O) groups is 3. The summed E-state index contributed by atoms with van der Waals surface area (Å²) in [4.78, 5) is 39.3. The Morgan fingerprint density at radius 3 is 2.46 bits per heavy atom. The first-order valence-corrected chi connectivity index (χ1v) is 12.1. The molecule has 0 spiro atoms. The van der Waals surface area contributed by atoms with E-state index in [-0.39, 0.29) is 24.0 Å². The molecule has 1 aliphatic heterocycles. The molecule has 35 heavy (non-hydrogen) atoms. The maximum atomic E-state index is 13.3. The van der Waals surface area contributed by atoms with Gasteiger partial charge >= 0.3 is 11.9 Å². The number of nitrogens with one attached hydrogen (secondary N) is 1. The van der Waals surface area contributed by atoms with Crippen LogP contribution in [0.4, 0.5) is 5.69 Å². The zero-order chi connectivity index (χ0) is 25.4. The highest BCUT2D eigenvalue weighted by Gasteiger charge is 2.30. The summed E-state index contributed by atoms with van der Waals surface area (Å²) in [6.45, 7) is 7.38. The van der Waals surface area contributed by atoms with Gasteiger partial charge in [-0.3, -0.25) is 5.32 Å². The summed E-state index contributed by atoms with van der Waals surface area (Å²) in [5.74, 6) is -1.44. The Bertz CT molecular complexity index is 1030. The van der Waals surface area contributed by atoms with Crippen molar-refractivity contribution in [3.63, 3.8) is 0 Å². The van der Waals surface area contributed by atoms with Crippen LogP contribution in [0.2, 0.25) is 0 Å². The topological polar surface area (TPSA) is 105 Å². The Balaban J connectivity index is 2.00. The Kier molecular flexibility index (Phi) is 9.25. The number of rotatable bonds is 11. The lowest BCUT2D eigenvalue weighted by atomic mass is 9.98. The van der Waals surface area contributed by atoms with Gasteiger partial charge in [-0.25, -0.2) is 9.59 Å². The lowest BCUT2D eigenvalue weighted by Crippen LogP contribution is -2.37. The van der Waals surface area contributed by atoms with Gasteiger partial charge < -0.3 is 24.3 Å². The van der Waals surface area contributed by atoms with E-state index >= 15 is 0 Å². The van der Waals surface area contributed by atoms with E-state index in [4.69, 9.17) is 9.47 Å². The first-order chi connectivity index (χ1) is 16.8. The molecular formula is C27H34N2O6. The Morgan fingerprint density at radius 1 is 1.11 bits per heavy atom. The number of esters is 1. The highest BCUT2D eigenvalue weighted by atomic mass is 16.5. The largest absolute Gasteiger partial charge is 0.493 e. The van der Waals surface area contributed by atoms with Crippen LogP contribution in [0.5, 0.6) is 5.75 Å². The molecule has 2 aromatic rings. The summed E-state index contributed by atoms with van der Waals surface area (Å²) >= 11 is 0. The molecule has 0 aromatic heterocycles. The van der Waals surface area contributed by atoms with Crippen LogP contribution in [0.15, 0.2) is 42.5 Å². The van der Waals surface area contributed by atoms with E-state index in [9.17, 15) is 19.5 Å². The fourth-order valence-electron chi connectivity index (χ4n) is 4.32. The molecule has 2 aromatic carbocycles. The number of carboxylic acids is 1. The summed E-state index contributed by atoms with van der Waals surface area (Å²) in [5.41, 5.74) is 2.17. The van der Waals surface area contributed by atoms with E-state index in [2.05, 4.69) is 10.2 Å². The van der Waals surface area contributed by atoms with E-state index < -0.39 is 24.0 Å². The smallest absolute Gasteiger partial charge is 0.339 e. The molecule has 8 nitrogen and oxygen atoms in total. The molecular weight excluding hydrogens is 448 g/mol. The van der Waals surface area contributed by atoms with E-state index in [1.54, 1.807) is 26.8 Å². The van der Waals surface area contributed by atoms with Crippen LogP contribution in [0.3, 0.4) is 0 Å². The summed E-state index contributed by atoms with van der Waals surface area (Å²) in [7, 11) is 0.